The van der Waals surface area contributed by atoms with Gasteiger partial charge in [-0.2, -0.15) is 10.1 Å². The predicted molar refractivity (Wildman–Crippen MR) is 99.6 cm³/mol. The molecule has 3 aromatic rings. The second-order valence-electron chi connectivity index (χ2n) is 7.88. The third-order valence-corrected chi connectivity index (χ3v) is 6.18. The Balaban J connectivity index is 1.56. The van der Waals surface area contributed by atoms with Crippen LogP contribution < -0.4 is 0 Å². The lowest BCUT2D eigenvalue weighted by molar-refractivity contribution is 0.0548. The van der Waals surface area contributed by atoms with Crippen molar-refractivity contribution in [1.82, 2.24) is 29.5 Å². The molecule has 2 fully saturated rings. The Bertz CT molecular complexity index is 1130. The average Bonchev–Trinajstić information content (AvgIpc) is 3.32. The molecular formula is C20H19F3N6O. The molecule has 156 valence electrons. The molecule has 10 heteroatoms. The van der Waals surface area contributed by atoms with Gasteiger partial charge in [0.1, 0.15) is 12.0 Å². The van der Waals surface area contributed by atoms with Gasteiger partial charge in [-0.15, -0.1) is 0 Å². The minimum absolute atomic E-state index is 0.00560. The van der Waals surface area contributed by atoms with Crippen LogP contribution in [0.25, 0.3) is 5.78 Å². The van der Waals surface area contributed by atoms with E-state index in [-0.39, 0.29) is 40.9 Å². The Morgan fingerprint density at radius 1 is 1.17 bits per heavy atom. The van der Waals surface area contributed by atoms with E-state index in [1.54, 1.807) is 11.8 Å². The van der Waals surface area contributed by atoms with Crippen molar-refractivity contribution < 1.29 is 18.0 Å². The second-order valence-corrected chi connectivity index (χ2v) is 7.88. The van der Waals surface area contributed by atoms with E-state index in [1.165, 1.54) is 23.0 Å². The van der Waals surface area contributed by atoms with E-state index in [2.05, 4.69) is 20.1 Å². The van der Waals surface area contributed by atoms with Gasteiger partial charge in [0.15, 0.2) is 5.82 Å². The van der Waals surface area contributed by atoms with Crippen molar-refractivity contribution in [3.05, 3.63) is 53.1 Å². The summed E-state index contributed by atoms with van der Waals surface area (Å²) in [6, 6.07) is 2.59. The quantitative estimate of drug-likeness (QED) is 0.654. The Morgan fingerprint density at radius 3 is 2.77 bits per heavy atom. The molecule has 1 amide bonds. The zero-order valence-corrected chi connectivity index (χ0v) is 16.2. The molecular weight excluding hydrogens is 397 g/mol. The number of pyridine rings is 1. The van der Waals surface area contributed by atoms with Gasteiger partial charge in [0.2, 0.25) is 0 Å². The SMILES string of the molecule is Cc1cc(C(=O)N2[C@H]3CC[C@H](c4cc(C(F)F)nc5ncnn45)[C@@H]2CC3)c(F)cn1. The van der Waals surface area contributed by atoms with Crippen LogP contribution in [-0.4, -0.2) is 47.5 Å². The lowest BCUT2D eigenvalue weighted by Crippen LogP contribution is -2.48. The number of piperidine rings is 1. The van der Waals surface area contributed by atoms with Crippen molar-refractivity contribution in [1.29, 1.82) is 0 Å². The largest absolute Gasteiger partial charge is 0.332 e. The number of alkyl halides is 2. The topological polar surface area (TPSA) is 76.3 Å². The first-order valence-corrected chi connectivity index (χ1v) is 9.87. The van der Waals surface area contributed by atoms with Crippen LogP contribution in [0.3, 0.4) is 0 Å². The number of rotatable bonds is 3. The summed E-state index contributed by atoms with van der Waals surface area (Å²) in [6.07, 6.45) is 2.54. The lowest BCUT2D eigenvalue weighted by Gasteiger charge is -2.40. The highest BCUT2D eigenvalue weighted by Gasteiger charge is 2.46. The van der Waals surface area contributed by atoms with Crippen LogP contribution in [0, 0.1) is 12.7 Å². The molecule has 0 saturated carbocycles. The van der Waals surface area contributed by atoms with Crippen LogP contribution in [0.2, 0.25) is 0 Å². The molecule has 2 aliphatic heterocycles. The van der Waals surface area contributed by atoms with Gasteiger partial charge in [-0.3, -0.25) is 9.78 Å². The highest BCUT2D eigenvalue weighted by Crippen LogP contribution is 2.45. The lowest BCUT2D eigenvalue weighted by atomic mass is 9.86. The fourth-order valence-electron chi connectivity index (χ4n) is 4.89. The minimum atomic E-state index is -2.74. The van der Waals surface area contributed by atoms with Gasteiger partial charge in [0, 0.05) is 23.7 Å². The molecule has 0 aromatic carbocycles. The number of aromatic nitrogens is 5. The van der Waals surface area contributed by atoms with Crippen molar-refractivity contribution in [2.75, 3.05) is 0 Å². The van der Waals surface area contributed by atoms with E-state index in [1.807, 2.05) is 0 Å². The number of hydrogen-bond donors (Lipinski definition) is 0. The number of carbonyl (C=O) groups is 1. The average molecular weight is 416 g/mol. The highest BCUT2D eigenvalue weighted by atomic mass is 19.3. The van der Waals surface area contributed by atoms with Gasteiger partial charge < -0.3 is 4.90 Å². The van der Waals surface area contributed by atoms with Crippen molar-refractivity contribution in [2.45, 2.75) is 57.0 Å². The number of carbonyl (C=O) groups excluding carboxylic acids is 1. The molecule has 2 bridgehead atoms. The summed E-state index contributed by atoms with van der Waals surface area (Å²) >= 11 is 0. The van der Waals surface area contributed by atoms with Gasteiger partial charge in [-0.1, -0.05) is 0 Å². The van der Waals surface area contributed by atoms with E-state index >= 15 is 0 Å². The number of hydrogen-bond acceptors (Lipinski definition) is 5. The predicted octanol–water partition coefficient (Wildman–Crippen LogP) is 3.46. The maximum atomic E-state index is 14.4. The molecule has 3 atom stereocenters. The van der Waals surface area contributed by atoms with Crippen molar-refractivity contribution in [3.63, 3.8) is 0 Å². The molecule has 3 aromatic heterocycles. The molecule has 5 heterocycles. The van der Waals surface area contributed by atoms with Gasteiger partial charge in [0.25, 0.3) is 18.1 Å². The van der Waals surface area contributed by atoms with Crippen LogP contribution in [0.1, 0.15) is 65.5 Å². The summed E-state index contributed by atoms with van der Waals surface area (Å²) in [5.74, 6) is -1.15. The molecule has 0 spiro atoms. The fourth-order valence-corrected chi connectivity index (χ4v) is 4.89. The van der Waals surface area contributed by atoms with Gasteiger partial charge >= 0.3 is 0 Å². The molecule has 2 aliphatic rings. The van der Waals surface area contributed by atoms with E-state index in [0.29, 0.717) is 17.8 Å². The number of amides is 1. The Labute approximate surface area is 170 Å². The second kappa shape index (κ2) is 7.03. The number of nitrogens with zero attached hydrogens (tertiary/aromatic N) is 6. The first-order chi connectivity index (χ1) is 14.4. The van der Waals surface area contributed by atoms with E-state index in [0.717, 1.165) is 25.5 Å². The first kappa shape index (κ1) is 19.0. The van der Waals surface area contributed by atoms with Crippen LogP contribution >= 0.6 is 0 Å². The van der Waals surface area contributed by atoms with Gasteiger partial charge in [0.05, 0.1) is 17.5 Å². The summed E-state index contributed by atoms with van der Waals surface area (Å²) in [4.78, 5) is 26.8. The summed E-state index contributed by atoms with van der Waals surface area (Å²) in [7, 11) is 0. The molecule has 0 radical (unpaired) electrons. The van der Waals surface area contributed by atoms with Crippen molar-refractivity contribution in [3.8, 4) is 0 Å². The number of aryl methyl sites for hydroxylation is 1. The monoisotopic (exact) mass is 416 g/mol. The first-order valence-electron chi connectivity index (χ1n) is 9.87. The number of fused-ring (bicyclic) bond motifs is 3. The van der Waals surface area contributed by atoms with Crippen LogP contribution in [-0.2, 0) is 0 Å². The van der Waals surface area contributed by atoms with Crippen molar-refractivity contribution in [2.24, 2.45) is 0 Å². The third kappa shape index (κ3) is 2.93. The fraction of sp³-hybridized carbons (Fsp3) is 0.450. The van der Waals surface area contributed by atoms with E-state index in [4.69, 9.17) is 0 Å². The molecule has 7 nitrogen and oxygen atoms in total. The number of halogens is 3. The Morgan fingerprint density at radius 2 is 1.97 bits per heavy atom. The van der Waals surface area contributed by atoms with Crippen LogP contribution in [0.15, 0.2) is 24.7 Å². The zero-order valence-electron chi connectivity index (χ0n) is 16.2. The van der Waals surface area contributed by atoms with Gasteiger partial charge in [-0.25, -0.2) is 22.7 Å². The molecule has 0 N–H and O–H groups in total. The van der Waals surface area contributed by atoms with E-state index < -0.39 is 12.2 Å². The smallest absolute Gasteiger partial charge is 0.280 e. The van der Waals surface area contributed by atoms with Gasteiger partial charge in [-0.05, 0) is 44.7 Å². The summed E-state index contributed by atoms with van der Waals surface area (Å²) in [5.41, 5.74) is 0.747. The van der Waals surface area contributed by atoms with Crippen molar-refractivity contribution >= 4 is 11.7 Å². The van der Waals surface area contributed by atoms with Crippen LogP contribution in [0.5, 0.6) is 0 Å². The highest BCUT2D eigenvalue weighted by molar-refractivity contribution is 5.95. The summed E-state index contributed by atoms with van der Waals surface area (Å²) in [5, 5.41) is 4.16. The molecule has 0 aliphatic carbocycles. The van der Waals surface area contributed by atoms with Crippen LogP contribution in [0.4, 0.5) is 13.2 Å². The standard InChI is InChI=1S/C20H19F3N6O/c1-10-6-13(14(21)8-24-10)19(30)28-11-2-4-12(16(28)5-3-11)17-7-15(18(22)23)27-20-25-9-26-29(17)20/h6-9,11-12,16,18H,2-5H2,1H3/t11-,12-,16-/m0/s1. The third-order valence-electron chi connectivity index (χ3n) is 6.18. The zero-order chi connectivity index (χ0) is 21.0. The maximum absolute atomic E-state index is 14.4. The minimum Gasteiger partial charge on any atom is -0.332 e. The maximum Gasteiger partial charge on any atom is 0.280 e. The molecule has 2 saturated heterocycles. The Kier molecular flexibility index (Phi) is 4.44. The molecule has 5 rings (SSSR count). The molecule has 30 heavy (non-hydrogen) atoms. The summed E-state index contributed by atoms with van der Waals surface area (Å²) in [6.45, 7) is 1.70. The normalized spacial score (nSPS) is 23.5. The molecule has 0 unspecified atom stereocenters. The summed E-state index contributed by atoms with van der Waals surface area (Å²) < 4.78 is 42.6. The Hall–Kier alpha value is -3.04. The van der Waals surface area contributed by atoms with E-state index in [9.17, 15) is 18.0 Å².